The molecule has 1 aliphatic rings. The van der Waals surface area contributed by atoms with Crippen molar-refractivity contribution in [2.75, 3.05) is 0 Å². The molecule has 0 unspecified atom stereocenters. The van der Waals surface area contributed by atoms with Gasteiger partial charge < -0.3 is 10.0 Å². The Morgan fingerprint density at radius 2 is 1.77 bits per heavy atom. The summed E-state index contributed by atoms with van der Waals surface area (Å²) >= 11 is 6.03. The molecule has 0 saturated carbocycles. The number of hydrogen-bond acceptors (Lipinski definition) is 4. The first-order chi connectivity index (χ1) is 14.5. The normalized spacial score (nSPS) is 18.1. The molecule has 30 heavy (non-hydrogen) atoms. The maximum absolute atomic E-state index is 13.0. The van der Waals surface area contributed by atoms with Crippen LogP contribution in [0.5, 0.6) is 0 Å². The van der Waals surface area contributed by atoms with E-state index >= 15 is 0 Å². The van der Waals surface area contributed by atoms with Crippen LogP contribution in [0.2, 0.25) is 5.02 Å². The Hall–Kier alpha value is -3.44. The van der Waals surface area contributed by atoms with Gasteiger partial charge in [-0.05, 0) is 36.2 Å². The Labute approximate surface area is 179 Å². The highest BCUT2D eigenvalue weighted by Gasteiger charge is 2.46. The summed E-state index contributed by atoms with van der Waals surface area (Å²) in [6.07, 6.45) is 3.30. The van der Waals surface area contributed by atoms with Gasteiger partial charge in [0.15, 0.2) is 0 Å². The standard InChI is InChI=1S/C24H19ClN2O3/c1-15-4-6-18(7-5-15)22(28)20-21(17-8-10-19(25)11-9-17)27(24(30)23(20)29)14-16-3-2-12-26-13-16/h2-13,21,28H,14H2,1H3/t21-/m1/s1. The number of aliphatic hydroxyl groups is 1. The predicted molar refractivity (Wildman–Crippen MR) is 115 cm³/mol. The zero-order chi connectivity index (χ0) is 21.3. The average Bonchev–Trinajstić information content (AvgIpc) is 3.00. The number of benzene rings is 2. The highest BCUT2D eigenvalue weighted by molar-refractivity contribution is 6.46. The molecule has 1 fully saturated rings. The van der Waals surface area contributed by atoms with E-state index in [1.807, 2.05) is 25.1 Å². The quantitative estimate of drug-likeness (QED) is 0.380. The molecule has 0 aliphatic carbocycles. The maximum Gasteiger partial charge on any atom is 0.295 e. The number of nitrogens with zero attached hydrogens (tertiary/aromatic N) is 2. The molecule has 6 heteroatoms. The maximum atomic E-state index is 13.0. The summed E-state index contributed by atoms with van der Waals surface area (Å²) in [5, 5.41) is 11.6. The van der Waals surface area contributed by atoms with Gasteiger partial charge in [0.2, 0.25) is 0 Å². The number of pyridine rings is 1. The molecule has 1 N–H and O–H groups in total. The fourth-order valence-electron chi connectivity index (χ4n) is 3.59. The molecular formula is C24H19ClN2O3. The van der Waals surface area contributed by atoms with Crippen LogP contribution in [0.1, 0.15) is 28.3 Å². The number of carbonyl (C=O) groups is 2. The summed E-state index contributed by atoms with van der Waals surface area (Å²) in [6.45, 7) is 2.13. The van der Waals surface area contributed by atoms with Crippen molar-refractivity contribution in [3.05, 3.63) is 106 Å². The minimum atomic E-state index is -0.733. The molecule has 1 aromatic heterocycles. The third-order valence-electron chi connectivity index (χ3n) is 5.13. The molecule has 1 atom stereocenters. The van der Waals surface area contributed by atoms with E-state index in [0.29, 0.717) is 16.1 Å². The number of aromatic nitrogens is 1. The molecule has 1 aliphatic heterocycles. The van der Waals surface area contributed by atoms with Gasteiger partial charge in [-0.25, -0.2) is 0 Å². The topological polar surface area (TPSA) is 70.5 Å². The summed E-state index contributed by atoms with van der Waals surface area (Å²) in [6, 6.07) is 17.0. The van der Waals surface area contributed by atoms with Crippen molar-refractivity contribution in [1.82, 2.24) is 9.88 Å². The van der Waals surface area contributed by atoms with Crippen molar-refractivity contribution in [2.45, 2.75) is 19.5 Å². The van der Waals surface area contributed by atoms with Crippen molar-refractivity contribution >= 4 is 29.1 Å². The van der Waals surface area contributed by atoms with Gasteiger partial charge in [0.1, 0.15) is 5.76 Å². The van der Waals surface area contributed by atoms with E-state index in [4.69, 9.17) is 11.6 Å². The number of rotatable bonds is 4. The lowest BCUT2D eigenvalue weighted by atomic mass is 9.95. The second-order valence-corrected chi connectivity index (χ2v) is 7.64. The van der Waals surface area contributed by atoms with Gasteiger partial charge in [-0.1, -0.05) is 59.6 Å². The molecule has 0 spiro atoms. The van der Waals surface area contributed by atoms with E-state index in [9.17, 15) is 14.7 Å². The minimum absolute atomic E-state index is 0.0649. The van der Waals surface area contributed by atoms with Gasteiger partial charge in [-0.2, -0.15) is 0 Å². The van der Waals surface area contributed by atoms with E-state index in [0.717, 1.165) is 11.1 Å². The number of aliphatic hydroxyl groups excluding tert-OH is 1. The molecule has 1 saturated heterocycles. The number of hydrogen-bond donors (Lipinski definition) is 1. The molecular weight excluding hydrogens is 400 g/mol. The van der Waals surface area contributed by atoms with E-state index in [2.05, 4.69) is 4.98 Å². The largest absolute Gasteiger partial charge is 0.507 e. The lowest BCUT2D eigenvalue weighted by molar-refractivity contribution is -0.140. The van der Waals surface area contributed by atoms with Crippen LogP contribution in [0.4, 0.5) is 0 Å². The van der Waals surface area contributed by atoms with Gasteiger partial charge in [-0.3, -0.25) is 14.6 Å². The second-order valence-electron chi connectivity index (χ2n) is 7.21. The van der Waals surface area contributed by atoms with Crippen LogP contribution in [0.3, 0.4) is 0 Å². The van der Waals surface area contributed by atoms with E-state index in [-0.39, 0.29) is 17.9 Å². The lowest BCUT2D eigenvalue weighted by Gasteiger charge is -2.25. The number of aryl methyl sites for hydroxylation is 1. The number of ketones is 1. The number of Topliss-reactive ketones (excluding diaryl/α,β-unsaturated/α-hetero) is 1. The third-order valence-corrected chi connectivity index (χ3v) is 5.38. The molecule has 1 amide bonds. The SMILES string of the molecule is Cc1ccc(C(O)=C2C(=O)C(=O)N(Cc3cccnc3)[C@@H]2c2ccc(Cl)cc2)cc1. The molecule has 2 heterocycles. The molecule has 2 aromatic carbocycles. The first-order valence-electron chi connectivity index (χ1n) is 9.45. The lowest BCUT2D eigenvalue weighted by Crippen LogP contribution is -2.29. The van der Waals surface area contributed by atoms with Crippen LogP contribution in [-0.4, -0.2) is 26.7 Å². The zero-order valence-corrected chi connectivity index (χ0v) is 17.0. The molecule has 150 valence electrons. The van der Waals surface area contributed by atoms with Crippen molar-refractivity contribution in [1.29, 1.82) is 0 Å². The van der Waals surface area contributed by atoms with E-state index in [1.165, 1.54) is 4.90 Å². The summed E-state index contributed by atoms with van der Waals surface area (Å²) in [4.78, 5) is 31.5. The van der Waals surface area contributed by atoms with Crippen LogP contribution in [0, 0.1) is 6.92 Å². The zero-order valence-electron chi connectivity index (χ0n) is 16.2. The summed E-state index contributed by atoms with van der Waals surface area (Å²) in [7, 11) is 0. The molecule has 4 rings (SSSR count). The van der Waals surface area contributed by atoms with E-state index in [1.54, 1.807) is 54.9 Å². The Bertz CT molecular complexity index is 1120. The van der Waals surface area contributed by atoms with Crippen molar-refractivity contribution in [3.8, 4) is 0 Å². The van der Waals surface area contributed by atoms with Crippen LogP contribution in [-0.2, 0) is 16.1 Å². The fourth-order valence-corrected chi connectivity index (χ4v) is 3.72. The second kappa shape index (κ2) is 8.13. The first-order valence-corrected chi connectivity index (χ1v) is 9.83. The molecule has 0 radical (unpaired) electrons. The molecule has 5 nitrogen and oxygen atoms in total. The summed E-state index contributed by atoms with van der Waals surface area (Å²) < 4.78 is 0. The van der Waals surface area contributed by atoms with Gasteiger partial charge in [0.25, 0.3) is 11.7 Å². The van der Waals surface area contributed by atoms with Crippen molar-refractivity contribution < 1.29 is 14.7 Å². The number of halogens is 1. The summed E-state index contributed by atoms with van der Waals surface area (Å²) in [5.74, 6) is -1.56. The van der Waals surface area contributed by atoms with Crippen LogP contribution < -0.4 is 0 Å². The highest BCUT2D eigenvalue weighted by Crippen LogP contribution is 2.40. The predicted octanol–water partition coefficient (Wildman–Crippen LogP) is 4.67. The number of likely N-dealkylation sites (tertiary alicyclic amines) is 1. The Kier molecular flexibility index (Phi) is 5.38. The van der Waals surface area contributed by atoms with Crippen LogP contribution in [0.15, 0.2) is 78.6 Å². The first kappa shape index (κ1) is 19.9. The minimum Gasteiger partial charge on any atom is -0.507 e. The van der Waals surface area contributed by atoms with Crippen LogP contribution >= 0.6 is 11.6 Å². The van der Waals surface area contributed by atoms with Crippen molar-refractivity contribution in [3.63, 3.8) is 0 Å². The van der Waals surface area contributed by atoms with Gasteiger partial charge in [-0.15, -0.1) is 0 Å². The monoisotopic (exact) mass is 418 g/mol. The van der Waals surface area contributed by atoms with Crippen molar-refractivity contribution in [2.24, 2.45) is 0 Å². The average molecular weight is 419 g/mol. The fraction of sp³-hybridized carbons (Fsp3) is 0.125. The van der Waals surface area contributed by atoms with Crippen LogP contribution in [0.25, 0.3) is 5.76 Å². The highest BCUT2D eigenvalue weighted by atomic mass is 35.5. The van der Waals surface area contributed by atoms with E-state index < -0.39 is 17.7 Å². The summed E-state index contributed by atoms with van der Waals surface area (Å²) in [5.41, 5.74) is 3.05. The van der Waals surface area contributed by atoms with Gasteiger partial charge in [0.05, 0.1) is 11.6 Å². The number of amides is 1. The number of carbonyl (C=O) groups excluding carboxylic acids is 2. The Morgan fingerprint density at radius 1 is 1.07 bits per heavy atom. The smallest absolute Gasteiger partial charge is 0.295 e. The van der Waals surface area contributed by atoms with Gasteiger partial charge >= 0.3 is 0 Å². The third kappa shape index (κ3) is 3.72. The Morgan fingerprint density at radius 3 is 2.40 bits per heavy atom. The molecule has 3 aromatic rings. The van der Waals surface area contributed by atoms with Gasteiger partial charge in [0, 0.05) is 29.5 Å². The Balaban J connectivity index is 1.85. The molecule has 0 bridgehead atoms.